The molecule has 0 bridgehead atoms. The molecule has 0 unspecified atom stereocenters. The van der Waals surface area contributed by atoms with Gasteiger partial charge in [-0.2, -0.15) is 0 Å². The molecule has 0 heterocycles. The van der Waals surface area contributed by atoms with Gasteiger partial charge in [-0.15, -0.1) is 0 Å². The average molecular weight is 466 g/mol. The van der Waals surface area contributed by atoms with Gasteiger partial charge in [0, 0.05) is 18.7 Å². The first-order valence-electron chi connectivity index (χ1n) is 11.4. The number of aryl methyl sites for hydroxylation is 1. The smallest absolute Gasteiger partial charge is 0.337 e. The van der Waals surface area contributed by atoms with E-state index in [4.69, 9.17) is 9.47 Å². The Morgan fingerprint density at radius 1 is 0.686 bits per heavy atom. The monoisotopic (exact) mass is 465 g/mol. The van der Waals surface area contributed by atoms with Crippen LogP contribution >= 0.6 is 0 Å². The third kappa shape index (κ3) is 6.15. The fourth-order valence-corrected chi connectivity index (χ4v) is 3.73. The van der Waals surface area contributed by atoms with Gasteiger partial charge in [-0.05, 0) is 66.1 Å². The first-order chi connectivity index (χ1) is 17.0. The molecular weight excluding hydrogens is 438 g/mol. The molecule has 0 aliphatic rings. The molecule has 0 aromatic heterocycles. The number of rotatable bonds is 8. The molecule has 176 valence electrons. The van der Waals surface area contributed by atoms with E-state index in [0.29, 0.717) is 30.0 Å². The fraction of sp³-hybridized carbons (Fsp3) is 0.133. The molecule has 5 heteroatoms. The lowest BCUT2D eigenvalue weighted by Gasteiger charge is -2.23. The summed E-state index contributed by atoms with van der Waals surface area (Å²) in [7, 11) is 1.35. The number of para-hydroxylation sites is 1. The van der Waals surface area contributed by atoms with Crippen LogP contribution in [0.3, 0.4) is 0 Å². The van der Waals surface area contributed by atoms with E-state index in [0.717, 1.165) is 22.4 Å². The van der Waals surface area contributed by atoms with Crippen LogP contribution in [-0.4, -0.2) is 23.9 Å². The number of nitrogens with zero attached hydrogens (tertiary/aromatic N) is 1. The van der Waals surface area contributed by atoms with Crippen molar-refractivity contribution in [3.8, 4) is 11.5 Å². The van der Waals surface area contributed by atoms with Crippen LogP contribution in [0.5, 0.6) is 11.5 Å². The predicted molar refractivity (Wildman–Crippen MR) is 135 cm³/mol. The highest BCUT2D eigenvalue weighted by molar-refractivity contribution is 5.94. The summed E-state index contributed by atoms with van der Waals surface area (Å²) in [6.45, 7) is 2.85. The second kappa shape index (κ2) is 11.2. The van der Waals surface area contributed by atoms with Crippen LogP contribution in [0.4, 0.5) is 0 Å². The highest BCUT2D eigenvalue weighted by Crippen LogP contribution is 2.25. The largest absolute Gasteiger partial charge is 0.465 e. The van der Waals surface area contributed by atoms with Crippen LogP contribution in [0.1, 0.15) is 37.4 Å². The molecule has 4 aromatic carbocycles. The van der Waals surface area contributed by atoms with Crippen LogP contribution in [0.25, 0.3) is 0 Å². The summed E-state index contributed by atoms with van der Waals surface area (Å²) in [5.74, 6) is 0.978. The summed E-state index contributed by atoms with van der Waals surface area (Å²) in [4.78, 5) is 27.0. The summed E-state index contributed by atoms with van der Waals surface area (Å²) >= 11 is 0. The third-order valence-corrected chi connectivity index (χ3v) is 5.67. The molecule has 0 saturated heterocycles. The number of esters is 1. The lowest BCUT2D eigenvalue weighted by molar-refractivity contribution is 0.0600. The Morgan fingerprint density at radius 3 is 1.89 bits per heavy atom. The average Bonchev–Trinajstić information content (AvgIpc) is 2.90. The minimum absolute atomic E-state index is 0.0895. The first kappa shape index (κ1) is 23.8. The number of ether oxygens (including phenoxy) is 2. The zero-order valence-electron chi connectivity index (χ0n) is 19.8. The predicted octanol–water partition coefficient (Wildman–Crippen LogP) is 6.42. The fourth-order valence-electron chi connectivity index (χ4n) is 3.73. The molecule has 4 rings (SSSR count). The Labute approximate surface area is 205 Å². The molecule has 1 amide bonds. The van der Waals surface area contributed by atoms with Crippen LogP contribution < -0.4 is 4.74 Å². The molecule has 0 fully saturated rings. The van der Waals surface area contributed by atoms with E-state index in [2.05, 4.69) is 0 Å². The van der Waals surface area contributed by atoms with Gasteiger partial charge in [0.2, 0.25) is 0 Å². The van der Waals surface area contributed by atoms with Crippen LogP contribution in [0.2, 0.25) is 0 Å². The van der Waals surface area contributed by atoms with Gasteiger partial charge in [-0.25, -0.2) is 4.79 Å². The topological polar surface area (TPSA) is 55.8 Å². The maximum absolute atomic E-state index is 13.5. The first-order valence-corrected chi connectivity index (χ1v) is 11.4. The van der Waals surface area contributed by atoms with Gasteiger partial charge < -0.3 is 14.4 Å². The summed E-state index contributed by atoms with van der Waals surface area (Å²) in [6.07, 6.45) is 0. The minimum Gasteiger partial charge on any atom is -0.465 e. The van der Waals surface area contributed by atoms with E-state index >= 15 is 0 Å². The van der Waals surface area contributed by atoms with Crippen LogP contribution in [0, 0.1) is 6.92 Å². The Hall–Kier alpha value is -4.38. The number of benzene rings is 4. The Morgan fingerprint density at radius 2 is 1.26 bits per heavy atom. The van der Waals surface area contributed by atoms with Gasteiger partial charge in [0.15, 0.2) is 0 Å². The van der Waals surface area contributed by atoms with Crippen molar-refractivity contribution in [3.63, 3.8) is 0 Å². The van der Waals surface area contributed by atoms with Gasteiger partial charge >= 0.3 is 5.97 Å². The van der Waals surface area contributed by atoms with E-state index in [1.54, 1.807) is 29.2 Å². The summed E-state index contributed by atoms with van der Waals surface area (Å²) < 4.78 is 10.7. The summed E-state index contributed by atoms with van der Waals surface area (Å²) in [5.41, 5.74) is 4.04. The second-order valence-electron chi connectivity index (χ2n) is 8.23. The zero-order valence-corrected chi connectivity index (χ0v) is 19.8. The van der Waals surface area contributed by atoms with E-state index in [1.165, 1.54) is 7.11 Å². The highest BCUT2D eigenvalue weighted by atomic mass is 16.5. The Balaban J connectivity index is 1.53. The molecule has 0 radical (unpaired) electrons. The van der Waals surface area contributed by atoms with Gasteiger partial charge in [0.1, 0.15) is 11.5 Å². The quantitative estimate of drug-likeness (QED) is 0.282. The number of amides is 1. The summed E-state index contributed by atoms with van der Waals surface area (Å²) in [6, 6.07) is 32.0. The van der Waals surface area contributed by atoms with E-state index in [-0.39, 0.29) is 11.9 Å². The molecular formula is C30H27NO4. The van der Waals surface area contributed by atoms with Gasteiger partial charge in [-0.3, -0.25) is 4.79 Å². The number of hydrogen-bond donors (Lipinski definition) is 0. The number of carbonyl (C=O) groups is 2. The maximum atomic E-state index is 13.5. The lowest BCUT2D eigenvalue weighted by Crippen LogP contribution is -2.30. The van der Waals surface area contributed by atoms with Crippen molar-refractivity contribution in [3.05, 3.63) is 131 Å². The number of carbonyl (C=O) groups excluding carboxylic acids is 2. The molecule has 0 aliphatic heterocycles. The molecule has 4 aromatic rings. The molecule has 0 aliphatic carbocycles. The number of hydrogen-bond acceptors (Lipinski definition) is 4. The van der Waals surface area contributed by atoms with Crippen molar-refractivity contribution >= 4 is 11.9 Å². The van der Waals surface area contributed by atoms with Crippen molar-refractivity contribution in [2.24, 2.45) is 0 Å². The second-order valence-corrected chi connectivity index (χ2v) is 8.23. The van der Waals surface area contributed by atoms with Crippen molar-refractivity contribution in [1.29, 1.82) is 0 Å². The Kier molecular flexibility index (Phi) is 7.58. The van der Waals surface area contributed by atoms with Crippen molar-refractivity contribution in [2.45, 2.75) is 20.0 Å². The lowest BCUT2D eigenvalue weighted by atomic mass is 10.1. The minimum atomic E-state index is -0.387. The molecule has 0 saturated carbocycles. The SMILES string of the molecule is COC(=O)c1ccc(CN(Cc2ccccc2)C(=O)c2ccc(Oc3ccccc3C)cc2)cc1. The van der Waals surface area contributed by atoms with Gasteiger partial charge in [-0.1, -0.05) is 60.7 Å². The summed E-state index contributed by atoms with van der Waals surface area (Å²) in [5, 5.41) is 0. The van der Waals surface area contributed by atoms with Gasteiger partial charge in [0.05, 0.1) is 12.7 Å². The van der Waals surface area contributed by atoms with Crippen molar-refractivity contribution in [1.82, 2.24) is 4.90 Å². The molecule has 0 spiro atoms. The van der Waals surface area contributed by atoms with E-state index in [9.17, 15) is 9.59 Å². The molecule has 5 nitrogen and oxygen atoms in total. The standard InChI is InChI=1S/C30H27NO4/c1-22-8-6-7-11-28(22)35-27-18-16-25(17-19-27)29(32)31(20-23-9-4-3-5-10-23)21-24-12-14-26(15-13-24)30(33)34-2/h3-19H,20-21H2,1-2H3. The van der Waals surface area contributed by atoms with Crippen molar-refractivity contribution < 1.29 is 19.1 Å². The maximum Gasteiger partial charge on any atom is 0.337 e. The van der Waals surface area contributed by atoms with E-state index < -0.39 is 0 Å². The van der Waals surface area contributed by atoms with E-state index in [1.807, 2.05) is 85.8 Å². The molecule has 0 atom stereocenters. The Bertz CT molecular complexity index is 1280. The molecule has 35 heavy (non-hydrogen) atoms. The van der Waals surface area contributed by atoms with Crippen LogP contribution in [-0.2, 0) is 17.8 Å². The third-order valence-electron chi connectivity index (χ3n) is 5.67. The van der Waals surface area contributed by atoms with Crippen molar-refractivity contribution in [2.75, 3.05) is 7.11 Å². The zero-order chi connectivity index (χ0) is 24.6. The number of methoxy groups -OCH3 is 1. The molecule has 0 N–H and O–H groups in total. The highest BCUT2D eigenvalue weighted by Gasteiger charge is 2.18. The van der Waals surface area contributed by atoms with Gasteiger partial charge in [0.25, 0.3) is 5.91 Å². The van der Waals surface area contributed by atoms with Crippen LogP contribution in [0.15, 0.2) is 103 Å². The normalized spacial score (nSPS) is 10.5.